The lowest BCUT2D eigenvalue weighted by atomic mass is 9.76. The standard InChI is InChI=1S/C12H26N2O/c1-9(13)10(15)14-8-12(5,6)7-11(2,3)4/h9H,7-8,13H2,1-6H3,(H,14,15)/t9-/m1/s1. The van der Waals surface area contributed by atoms with Gasteiger partial charge in [0, 0.05) is 6.54 Å². The third kappa shape index (κ3) is 7.37. The SMILES string of the molecule is C[C@@H](N)C(=O)NCC(C)(C)CC(C)(C)C. The van der Waals surface area contributed by atoms with Crippen molar-refractivity contribution in [3.05, 3.63) is 0 Å². The first-order chi connectivity index (χ1) is 6.53. The van der Waals surface area contributed by atoms with Crippen molar-refractivity contribution in [2.45, 2.75) is 54.0 Å². The number of hydrogen-bond acceptors (Lipinski definition) is 2. The van der Waals surface area contributed by atoms with E-state index in [2.05, 4.69) is 39.9 Å². The van der Waals surface area contributed by atoms with Gasteiger partial charge in [0.05, 0.1) is 6.04 Å². The third-order valence-corrected chi connectivity index (χ3v) is 2.16. The van der Waals surface area contributed by atoms with Gasteiger partial charge in [-0.2, -0.15) is 0 Å². The molecule has 0 rings (SSSR count). The van der Waals surface area contributed by atoms with Crippen LogP contribution in [-0.2, 0) is 4.79 Å². The zero-order valence-corrected chi connectivity index (χ0v) is 11.0. The van der Waals surface area contributed by atoms with Gasteiger partial charge in [0.15, 0.2) is 0 Å². The summed E-state index contributed by atoms with van der Waals surface area (Å²) in [7, 11) is 0. The molecular weight excluding hydrogens is 188 g/mol. The molecule has 0 aliphatic rings. The van der Waals surface area contributed by atoms with Crippen molar-refractivity contribution in [3.8, 4) is 0 Å². The summed E-state index contributed by atoms with van der Waals surface area (Å²) < 4.78 is 0. The monoisotopic (exact) mass is 214 g/mol. The summed E-state index contributed by atoms with van der Waals surface area (Å²) in [5.41, 5.74) is 5.87. The molecule has 1 atom stereocenters. The van der Waals surface area contributed by atoms with Crippen LogP contribution in [0.4, 0.5) is 0 Å². The summed E-state index contributed by atoms with van der Waals surface area (Å²) >= 11 is 0. The van der Waals surface area contributed by atoms with Crippen LogP contribution < -0.4 is 11.1 Å². The second-order valence-electron chi connectivity index (χ2n) is 6.41. The first-order valence-electron chi connectivity index (χ1n) is 5.57. The normalized spacial score (nSPS) is 14.9. The molecule has 0 aromatic heterocycles. The molecule has 3 heteroatoms. The summed E-state index contributed by atoms with van der Waals surface area (Å²) in [4.78, 5) is 11.3. The van der Waals surface area contributed by atoms with Gasteiger partial charge in [-0.15, -0.1) is 0 Å². The first-order valence-corrected chi connectivity index (χ1v) is 5.57. The molecule has 0 heterocycles. The third-order valence-electron chi connectivity index (χ3n) is 2.16. The zero-order valence-electron chi connectivity index (χ0n) is 11.0. The van der Waals surface area contributed by atoms with Crippen LogP contribution in [0, 0.1) is 10.8 Å². The van der Waals surface area contributed by atoms with E-state index in [4.69, 9.17) is 5.73 Å². The van der Waals surface area contributed by atoms with Crippen molar-refractivity contribution >= 4 is 5.91 Å². The molecule has 0 saturated carbocycles. The number of carbonyl (C=O) groups is 1. The lowest BCUT2D eigenvalue weighted by Gasteiger charge is -2.32. The van der Waals surface area contributed by atoms with Gasteiger partial charge in [-0.25, -0.2) is 0 Å². The molecule has 15 heavy (non-hydrogen) atoms. The number of rotatable bonds is 4. The molecular formula is C12H26N2O. The predicted molar refractivity (Wildman–Crippen MR) is 64.5 cm³/mol. The van der Waals surface area contributed by atoms with Crippen LogP contribution in [0.3, 0.4) is 0 Å². The van der Waals surface area contributed by atoms with E-state index in [1.54, 1.807) is 6.92 Å². The molecule has 1 amide bonds. The Labute approximate surface area is 93.8 Å². The predicted octanol–water partition coefficient (Wildman–Crippen LogP) is 1.91. The maximum Gasteiger partial charge on any atom is 0.236 e. The Hall–Kier alpha value is -0.570. The number of nitrogens with one attached hydrogen (secondary N) is 1. The van der Waals surface area contributed by atoms with Crippen molar-refractivity contribution < 1.29 is 4.79 Å². The number of nitrogens with two attached hydrogens (primary N) is 1. The molecule has 0 aromatic rings. The Morgan fingerprint density at radius 1 is 1.27 bits per heavy atom. The van der Waals surface area contributed by atoms with E-state index in [1.165, 1.54) is 0 Å². The fraction of sp³-hybridized carbons (Fsp3) is 0.917. The van der Waals surface area contributed by atoms with Gasteiger partial charge in [0.25, 0.3) is 0 Å². The minimum atomic E-state index is -0.421. The largest absolute Gasteiger partial charge is 0.354 e. The Balaban J connectivity index is 4.10. The maximum absolute atomic E-state index is 11.3. The van der Waals surface area contributed by atoms with Gasteiger partial charge in [-0.3, -0.25) is 4.79 Å². The second-order valence-corrected chi connectivity index (χ2v) is 6.41. The average molecular weight is 214 g/mol. The topological polar surface area (TPSA) is 55.1 Å². The van der Waals surface area contributed by atoms with Gasteiger partial charge in [0.1, 0.15) is 0 Å². The van der Waals surface area contributed by atoms with Crippen LogP contribution in [-0.4, -0.2) is 18.5 Å². The van der Waals surface area contributed by atoms with Crippen LogP contribution in [0.15, 0.2) is 0 Å². The minimum absolute atomic E-state index is 0.0722. The Kier molecular flexibility index (Phi) is 4.78. The van der Waals surface area contributed by atoms with E-state index >= 15 is 0 Å². The van der Waals surface area contributed by atoms with Crippen molar-refractivity contribution in [1.82, 2.24) is 5.32 Å². The van der Waals surface area contributed by atoms with E-state index in [9.17, 15) is 4.79 Å². The summed E-state index contributed by atoms with van der Waals surface area (Å²) in [5, 5.41) is 2.88. The highest BCUT2D eigenvalue weighted by atomic mass is 16.2. The number of amides is 1. The highest BCUT2D eigenvalue weighted by molar-refractivity contribution is 5.80. The van der Waals surface area contributed by atoms with Crippen molar-refractivity contribution in [2.75, 3.05) is 6.54 Å². The summed E-state index contributed by atoms with van der Waals surface area (Å²) in [6.07, 6.45) is 1.07. The molecule has 0 bridgehead atoms. The molecule has 0 fully saturated rings. The number of hydrogen-bond donors (Lipinski definition) is 2. The summed E-state index contributed by atoms with van der Waals surface area (Å²) in [6, 6.07) is -0.421. The lowest BCUT2D eigenvalue weighted by molar-refractivity contribution is -0.122. The molecule has 0 aromatic carbocycles. The molecule has 3 N–H and O–H groups in total. The summed E-state index contributed by atoms with van der Waals surface area (Å²) in [5.74, 6) is -0.0722. The highest BCUT2D eigenvalue weighted by Gasteiger charge is 2.26. The molecule has 3 nitrogen and oxygen atoms in total. The van der Waals surface area contributed by atoms with E-state index in [-0.39, 0.29) is 16.7 Å². The Morgan fingerprint density at radius 3 is 2.07 bits per heavy atom. The molecule has 0 unspecified atom stereocenters. The minimum Gasteiger partial charge on any atom is -0.354 e. The van der Waals surface area contributed by atoms with E-state index < -0.39 is 6.04 Å². The van der Waals surface area contributed by atoms with E-state index in [0.717, 1.165) is 6.42 Å². The van der Waals surface area contributed by atoms with Crippen LogP contribution in [0.5, 0.6) is 0 Å². The molecule has 0 radical (unpaired) electrons. The molecule has 0 aliphatic heterocycles. The smallest absolute Gasteiger partial charge is 0.236 e. The zero-order chi connectivity index (χ0) is 12.3. The Morgan fingerprint density at radius 2 is 1.73 bits per heavy atom. The quantitative estimate of drug-likeness (QED) is 0.751. The van der Waals surface area contributed by atoms with Gasteiger partial charge in [-0.1, -0.05) is 34.6 Å². The van der Waals surface area contributed by atoms with Crippen molar-refractivity contribution in [1.29, 1.82) is 0 Å². The highest BCUT2D eigenvalue weighted by Crippen LogP contribution is 2.32. The van der Waals surface area contributed by atoms with Crippen LogP contribution >= 0.6 is 0 Å². The van der Waals surface area contributed by atoms with Crippen molar-refractivity contribution in [3.63, 3.8) is 0 Å². The van der Waals surface area contributed by atoms with Crippen LogP contribution in [0.1, 0.15) is 48.0 Å². The Bertz CT molecular complexity index is 214. The lowest BCUT2D eigenvalue weighted by Crippen LogP contribution is -2.43. The molecule has 0 saturated heterocycles. The summed E-state index contributed by atoms with van der Waals surface area (Å²) in [6.45, 7) is 13.3. The van der Waals surface area contributed by atoms with Gasteiger partial charge >= 0.3 is 0 Å². The van der Waals surface area contributed by atoms with Gasteiger partial charge < -0.3 is 11.1 Å². The van der Waals surface area contributed by atoms with E-state index in [1.807, 2.05) is 0 Å². The van der Waals surface area contributed by atoms with E-state index in [0.29, 0.717) is 6.54 Å². The van der Waals surface area contributed by atoms with Crippen LogP contribution in [0.2, 0.25) is 0 Å². The van der Waals surface area contributed by atoms with Gasteiger partial charge in [0.2, 0.25) is 5.91 Å². The number of carbonyl (C=O) groups excluding carboxylic acids is 1. The average Bonchev–Trinajstić information content (AvgIpc) is 1.95. The first kappa shape index (κ1) is 14.4. The fourth-order valence-corrected chi connectivity index (χ4v) is 1.99. The molecule has 0 aliphatic carbocycles. The second kappa shape index (κ2) is 4.97. The van der Waals surface area contributed by atoms with Gasteiger partial charge in [-0.05, 0) is 24.2 Å². The fourth-order valence-electron chi connectivity index (χ4n) is 1.99. The molecule has 90 valence electrons. The van der Waals surface area contributed by atoms with Crippen molar-refractivity contribution in [2.24, 2.45) is 16.6 Å². The molecule has 0 spiro atoms. The van der Waals surface area contributed by atoms with Crippen LogP contribution in [0.25, 0.3) is 0 Å². The maximum atomic E-state index is 11.3.